The van der Waals surface area contributed by atoms with E-state index in [-0.39, 0.29) is 54.2 Å². The zero-order chi connectivity index (χ0) is 48.7. The highest BCUT2D eigenvalue weighted by Gasteiger charge is 2.31. The number of ether oxygens (including phenoxy) is 2. The maximum Gasteiger partial charge on any atom is 0.373 e. The van der Waals surface area contributed by atoms with Gasteiger partial charge in [-0.3, -0.25) is 14.9 Å². The predicted molar refractivity (Wildman–Crippen MR) is 256 cm³/mol. The first kappa shape index (κ1) is 53.7. The second-order valence-corrected chi connectivity index (χ2v) is 18.1. The lowest BCUT2D eigenvalue weighted by Crippen LogP contribution is -2.54. The van der Waals surface area contributed by atoms with Crippen LogP contribution in [-0.2, 0) is 19.2 Å². The molecule has 5 aromatic rings. The fourth-order valence-corrected chi connectivity index (χ4v) is 8.02. The molecule has 15 heteroatoms. The van der Waals surface area contributed by atoms with Crippen LogP contribution in [-0.4, -0.2) is 69.9 Å². The summed E-state index contributed by atoms with van der Waals surface area (Å²) < 4.78 is 27.1. The van der Waals surface area contributed by atoms with Gasteiger partial charge in [0.25, 0.3) is 0 Å². The Bertz CT molecular complexity index is 2020. The molecule has 0 saturated carbocycles. The highest BCUT2D eigenvalue weighted by molar-refractivity contribution is 5.83. The van der Waals surface area contributed by atoms with E-state index in [1.165, 1.54) is 0 Å². The van der Waals surface area contributed by atoms with Gasteiger partial charge >= 0.3 is 6.15 Å². The van der Waals surface area contributed by atoms with Crippen molar-refractivity contribution in [3.63, 3.8) is 0 Å². The molecule has 15 nitrogen and oxygen atoms in total. The number of benzene rings is 2. The highest BCUT2D eigenvalue weighted by atomic mass is 16.5. The van der Waals surface area contributed by atoms with Crippen LogP contribution in [0.3, 0.4) is 0 Å². The van der Waals surface area contributed by atoms with Gasteiger partial charge in [-0.05, 0) is 116 Å². The molecule has 2 fully saturated rings. The van der Waals surface area contributed by atoms with Gasteiger partial charge in [0.15, 0.2) is 0 Å². The minimum Gasteiger partial charge on any atom is -0.497 e. The Morgan fingerprint density at radius 1 is 0.627 bits per heavy atom. The number of carbonyl (C=O) groups excluding carboxylic acids is 4. The monoisotopic (exact) mass is 925 g/mol. The summed E-state index contributed by atoms with van der Waals surface area (Å²) in [5.74, 6) is 6.05. The molecule has 0 radical (unpaired) electrons. The van der Waals surface area contributed by atoms with Gasteiger partial charge in [-0.25, -0.2) is 0 Å². The van der Waals surface area contributed by atoms with E-state index in [2.05, 4.69) is 105 Å². The number of carbonyl (C=O) groups is 2. The van der Waals surface area contributed by atoms with Crippen LogP contribution in [0.5, 0.6) is 11.5 Å². The molecule has 2 aliphatic rings. The number of methoxy groups -OCH3 is 2. The highest BCUT2D eigenvalue weighted by Crippen LogP contribution is 2.29. The first-order valence-corrected chi connectivity index (χ1v) is 23.2. The largest absolute Gasteiger partial charge is 0.497 e. The summed E-state index contributed by atoms with van der Waals surface area (Å²) in [6.07, 6.45) is 8.11. The van der Waals surface area contributed by atoms with Gasteiger partial charge in [0.2, 0.25) is 11.8 Å². The number of amides is 2. The van der Waals surface area contributed by atoms with Crippen LogP contribution >= 0.6 is 0 Å². The van der Waals surface area contributed by atoms with Crippen LogP contribution < -0.4 is 41.4 Å². The van der Waals surface area contributed by atoms with Crippen LogP contribution in [0, 0.1) is 17.8 Å². The molecule has 1 unspecified atom stereocenters. The minimum absolute atomic E-state index is 0.00816. The van der Waals surface area contributed by atoms with E-state index >= 15 is 0 Å². The second-order valence-electron chi connectivity index (χ2n) is 18.1. The number of piperazine rings is 2. The van der Waals surface area contributed by atoms with Gasteiger partial charge in [-0.15, -0.1) is 0 Å². The van der Waals surface area contributed by atoms with Crippen molar-refractivity contribution in [3.05, 3.63) is 132 Å². The number of furan rings is 3. The minimum atomic E-state index is -0.0637. The molecular formula is C52H72N6O9. The molecule has 2 saturated heterocycles. The molecule has 6 atom stereocenters. The van der Waals surface area contributed by atoms with Gasteiger partial charge in [0.05, 0.1) is 69.3 Å². The smallest absolute Gasteiger partial charge is 0.373 e. The second kappa shape index (κ2) is 28.3. The molecule has 3 aromatic heterocycles. The van der Waals surface area contributed by atoms with Crippen molar-refractivity contribution in [3.8, 4) is 11.5 Å². The van der Waals surface area contributed by atoms with Crippen molar-refractivity contribution in [1.29, 1.82) is 0 Å². The fourth-order valence-electron chi connectivity index (χ4n) is 8.02. The molecule has 5 heterocycles. The summed E-state index contributed by atoms with van der Waals surface area (Å²) in [5, 5.41) is 20.0. The molecule has 2 aromatic carbocycles. The van der Waals surface area contributed by atoms with E-state index in [0.29, 0.717) is 23.8 Å². The van der Waals surface area contributed by atoms with Crippen molar-refractivity contribution < 1.29 is 41.9 Å². The molecule has 6 N–H and O–H groups in total. The fraction of sp³-hybridized carbons (Fsp3) is 0.481. The maximum atomic E-state index is 11.8. The Balaban J connectivity index is 0.000000234. The quantitative estimate of drug-likeness (QED) is 0.0494. The Hall–Kier alpha value is -5.96. The van der Waals surface area contributed by atoms with Crippen LogP contribution in [0.1, 0.15) is 120 Å². The topological polar surface area (TPSA) is 198 Å². The lowest BCUT2D eigenvalue weighted by molar-refractivity contribution is -0.191. The summed E-state index contributed by atoms with van der Waals surface area (Å²) in [6.45, 7) is 17.5. The standard InChI is InChI=1S/C27H36N2O3.2C12H18N2O2.CO2/c1-19(2)17-20(3)28-18-25(26-7-6-16-32-26)29-27(21-8-12-23(30-4)13-9-21)22-10-14-24(31-5)15-11-22;2*1-8(2)6-9-12(15)14-10(7-13-9)11-4-3-5-16-11;2-1-3/h6-16,19-20,25,27-29H,17-18H2,1-5H3;2*3-5,8-10,13H,6-7H2,1-2H3,(H,14,15);/t20-,25?;9-,10+;9-,10-;/m100./s1. The summed E-state index contributed by atoms with van der Waals surface area (Å²) >= 11 is 0. The summed E-state index contributed by atoms with van der Waals surface area (Å²) in [6, 6.07) is 28.0. The lowest BCUT2D eigenvalue weighted by Gasteiger charge is -2.30. The van der Waals surface area contributed by atoms with Crippen LogP contribution in [0.4, 0.5) is 0 Å². The van der Waals surface area contributed by atoms with Crippen molar-refractivity contribution in [1.82, 2.24) is 31.9 Å². The molecule has 7 rings (SSSR count). The Labute approximate surface area is 395 Å². The molecule has 0 spiro atoms. The average molecular weight is 925 g/mol. The third kappa shape index (κ3) is 18.0. The van der Waals surface area contributed by atoms with E-state index in [4.69, 9.17) is 32.3 Å². The van der Waals surface area contributed by atoms with Gasteiger partial charge in [-0.1, -0.05) is 65.8 Å². The molecule has 2 amide bonds. The van der Waals surface area contributed by atoms with Crippen LogP contribution in [0.15, 0.2) is 117 Å². The van der Waals surface area contributed by atoms with Crippen molar-refractivity contribution in [2.24, 2.45) is 17.8 Å². The number of nitrogens with one attached hydrogen (secondary N) is 6. The van der Waals surface area contributed by atoms with Gasteiger partial charge in [0.1, 0.15) is 28.8 Å². The Kier molecular flexibility index (Phi) is 22.6. The van der Waals surface area contributed by atoms with Crippen molar-refractivity contribution in [2.45, 2.75) is 110 Å². The molecule has 0 bridgehead atoms. The van der Waals surface area contributed by atoms with E-state index < -0.39 is 0 Å². The van der Waals surface area contributed by atoms with E-state index in [1.54, 1.807) is 33.0 Å². The van der Waals surface area contributed by atoms with Crippen molar-refractivity contribution in [2.75, 3.05) is 33.9 Å². The van der Waals surface area contributed by atoms with E-state index in [1.807, 2.05) is 60.7 Å². The van der Waals surface area contributed by atoms with Gasteiger partial charge < -0.3 is 49.3 Å². The molecular weight excluding hydrogens is 853 g/mol. The molecule has 67 heavy (non-hydrogen) atoms. The van der Waals surface area contributed by atoms with Gasteiger partial charge in [-0.2, -0.15) is 9.59 Å². The number of hydrogen-bond acceptors (Lipinski definition) is 13. The summed E-state index contributed by atoms with van der Waals surface area (Å²) in [5.41, 5.74) is 2.31. The van der Waals surface area contributed by atoms with Crippen molar-refractivity contribution >= 4 is 18.0 Å². The van der Waals surface area contributed by atoms with E-state index in [0.717, 1.165) is 78.8 Å². The van der Waals surface area contributed by atoms with Crippen LogP contribution in [0.25, 0.3) is 0 Å². The first-order valence-electron chi connectivity index (χ1n) is 23.2. The number of rotatable bonds is 18. The Morgan fingerprint density at radius 3 is 1.40 bits per heavy atom. The maximum absolute atomic E-state index is 11.8. The third-order valence-corrected chi connectivity index (χ3v) is 11.2. The third-order valence-electron chi connectivity index (χ3n) is 11.2. The summed E-state index contributed by atoms with van der Waals surface area (Å²) in [4.78, 5) is 39.9. The van der Waals surface area contributed by atoms with Crippen LogP contribution in [0.2, 0.25) is 0 Å². The lowest BCUT2D eigenvalue weighted by atomic mass is 9.97. The average Bonchev–Trinajstić information content (AvgIpc) is 4.15. The zero-order valence-corrected chi connectivity index (χ0v) is 40.5. The predicted octanol–water partition coefficient (Wildman–Crippen LogP) is 8.07. The summed E-state index contributed by atoms with van der Waals surface area (Å²) in [7, 11) is 3.37. The van der Waals surface area contributed by atoms with E-state index in [9.17, 15) is 9.59 Å². The molecule has 0 aliphatic carbocycles. The van der Waals surface area contributed by atoms with Gasteiger partial charge in [0, 0.05) is 25.7 Å². The molecule has 364 valence electrons. The normalized spacial score (nSPS) is 18.8. The first-order chi connectivity index (χ1) is 32.2. The SMILES string of the molecule is CC(C)C[C@@H]1NC[C@@H](c2ccco2)NC1=O.CC(C)C[C@@H]1NC[C@H](c2ccco2)NC1=O.COc1ccc(C(NC(CN[C@H](C)CC(C)C)c2ccco2)c2ccc(OC)cc2)cc1.O=C=O. The number of hydrogen-bond donors (Lipinski definition) is 6. The molecule has 2 aliphatic heterocycles. The Morgan fingerprint density at radius 2 is 1.06 bits per heavy atom. The zero-order valence-electron chi connectivity index (χ0n) is 40.5.